The Morgan fingerprint density at radius 2 is 1.84 bits per heavy atom. The van der Waals surface area contributed by atoms with Gasteiger partial charge in [-0.2, -0.15) is 0 Å². The summed E-state index contributed by atoms with van der Waals surface area (Å²) in [5.41, 5.74) is 1.80. The van der Waals surface area contributed by atoms with Crippen molar-refractivity contribution in [2.75, 3.05) is 23.1 Å². The quantitative estimate of drug-likeness (QED) is 0.198. The average molecular weight is 712 g/mol. The third-order valence-electron chi connectivity index (χ3n) is 9.16. The monoisotopic (exact) mass is 711 g/mol. The van der Waals surface area contributed by atoms with Gasteiger partial charge >= 0.3 is 6.09 Å². The molecule has 6 rings (SSSR count). The normalized spacial score (nSPS) is 16.9. The summed E-state index contributed by atoms with van der Waals surface area (Å²) in [4.78, 5) is 23.0. The molecule has 2 N–H and O–H groups in total. The number of nitrogens with zero attached hydrogens (tertiary/aromatic N) is 3. The molecule has 0 unspecified atom stereocenters. The minimum atomic E-state index is -4.11. The van der Waals surface area contributed by atoms with Gasteiger partial charge in [-0.15, -0.1) is 0 Å². The molecule has 0 radical (unpaired) electrons. The Balaban J connectivity index is 1.25. The lowest BCUT2D eigenvalue weighted by Gasteiger charge is -2.33. The summed E-state index contributed by atoms with van der Waals surface area (Å²) in [6.45, 7) is 10.3. The molecule has 13 heteroatoms. The molecule has 1 amide bonds. The van der Waals surface area contributed by atoms with Gasteiger partial charge in [-0.3, -0.25) is 4.72 Å². The largest absolute Gasteiger partial charge is 0.444 e. The van der Waals surface area contributed by atoms with Gasteiger partial charge in [0.05, 0.1) is 21.5 Å². The molecular weight excluding hydrogens is 672 g/mol. The topological polar surface area (TPSA) is 114 Å². The summed E-state index contributed by atoms with van der Waals surface area (Å²) in [7, 11) is -4.11. The molecule has 49 heavy (non-hydrogen) atoms. The van der Waals surface area contributed by atoms with E-state index in [0.29, 0.717) is 54.4 Å². The van der Waals surface area contributed by atoms with Gasteiger partial charge in [0.25, 0.3) is 10.0 Å². The van der Waals surface area contributed by atoms with Crippen LogP contribution in [0.25, 0.3) is 22.0 Å². The van der Waals surface area contributed by atoms with Crippen molar-refractivity contribution in [1.29, 1.82) is 0 Å². The zero-order chi connectivity index (χ0) is 35.2. The van der Waals surface area contributed by atoms with Gasteiger partial charge in [-0.1, -0.05) is 25.4 Å². The number of ether oxygens (including phenoxy) is 1. The first-order valence-corrected chi connectivity index (χ1v) is 18.4. The van der Waals surface area contributed by atoms with Crippen molar-refractivity contribution in [1.82, 2.24) is 14.9 Å². The average Bonchev–Trinajstić information content (AvgIpc) is 3.41. The van der Waals surface area contributed by atoms with Crippen LogP contribution in [0.2, 0.25) is 5.02 Å². The smallest absolute Gasteiger partial charge is 0.410 e. The standard InChI is InChI=1S/C36H40ClF2N5O4S/c1-6-23-30(43-49(46,47)31-18-21(37)17-26-20(2)7-8-24(26)31)12-10-28(38)32(23)25-9-11-29-27(33(25)39)19-40-34(42-29)41-22-13-15-44(16-14-22)35(45)48-36(3,4)5/h9-12,17-20,22,43H,6-8,13-16H2,1-5H3,(H,40,41,42)/t20-/m1/s1. The van der Waals surface area contributed by atoms with Crippen LogP contribution in [0.3, 0.4) is 0 Å². The first kappa shape index (κ1) is 34.8. The minimum Gasteiger partial charge on any atom is -0.444 e. The molecule has 0 spiro atoms. The molecular formula is C36H40ClF2N5O4S. The predicted molar refractivity (Wildman–Crippen MR) is 188 cm³/mol. The van der Waals surface area contributed by atoms with Gasteiger partial charge in [0.15, 0.2) is 0 Å². The number of piperidine rings is 1. The van der Waals surface area contributed by atoms with Crippen LogP contribution in [0.4, 0.5) is 25.2 Å². The third kappa shape index (κ3) is 7.17. The Hall–Kier alpha value is -4.03. The Morgan fingerprint density at radius 3 is 2.53 bits per heavy atom. The molecule has 0 bridgehead atoms. The lowest BCUT2D eigenvalue weighted by Crippen LogP contribution is -2.44. The number of rotatable bonds is 7. The molecule has 3 aromatic carbocycles. The second-order valence-corrected chi connectivity index (χ2v) is 15.8. The highest BCUT2D eigenvalue weighted by atomic mass is 35.5. The van der Waals surface area contributed by atoms with E-state index >= 15 is 8.78 Å². The van der Waals surface area contributed by atoms with Crippen LogP contribution in [0.5, 0.6) is 0 Å². The van der Waals surface area contributed by atoms with E-state index < -0.39 is 27.3 Å². The molecule has 1 atom stereocenters. The maximum Gasteiger partial charge on any atom is 0.410 e. The highest BCUT2D eigenvalue weighted by Gasteiger charge is 2.30. The van der Waals surface area contributed by atoms with Crippen molar-refractivity contribution in [3.63, 3.8) is 0 Å². The van der Waals surface area contributed by atoms with Gasteiger partial charge in [-0.25, -0.2) is 32.0 Å². The predicted octanol–water partition coefficient (Wildman–Crippen LogP) is 8.45. The molecule has 1 saturated heterocycles. The van der Waals surface area contributed by atoms with Crippen LogP contribution in [0, 0.1) is 11.6 Å². The second kappa shape index (κ2) is 13.4. The van der Waals surface area contributed by atoms with Crippen LogP contribution in [0.1, 0.15) is 76.5 Å². The number of aromatic nitrogens is 2. The number of halogens is 3. The molecule has 1 aliphatic heterocycles. The minimum absolute atomic E-state index is 0.00403. The van der Waals surface area contributed by atoms with Gasteiger partial charge in [0, 0.05) is 41.5 Å². The molecule has 4 aromatic rings. The van der Waals surface area contributed by atoms with Crippen molar-refractivity contribution in [3.8, 4) is 11.1 Å². The number of amides is 1. The van der Waals surface area contributed by atoms with E-state index in [4.69, 9.17) is 16.3 Å². The second-order valence-electron chi connectivity index (χ2n) is 13.8. The number of hydrogen-bond donors (Lipinski definition) is 2. The number of benzene rings is 3. The van der Waals surface area contributed by atoms with E-state index in [-0.39, 0.29) is 51.6 Å². The maximum atomic E-state index is 16.2. The van der Waals surface area contributed by atoms with Crippen molar-refractivity contribution in [2.45, 2.75) is 89.2 Å². The Bertz CT molecular complexity index is 2050. The molecule has 1 aromatic heterocycles. The van der Waals surface area contributed by atoms with E-state index in [9.17, 15) is 13.2 Å². The van der Waals surface area contributed by atoms with Gasteiger partial charge in [-0.05, 0) is 112 Å². The molecule has 9 nitrogen and oxygen atoms in total. The lowest BCUT2D eigenvalue weighted by molar-refractivity contribution is 0.0210. The number of hydrogen-bond acceptors (Lipinski definition) is 7. The zero-order valence-electron chi connectivity index (χ0n) is 28.2. The highest BCUT2D eigenvalue weighted by molar-refractivity contribution is 7.92. The van der Waals surface area contributed by atoms with Crippen LogP contribution >= 0.6 is 11.6 Å². The Labute approximate surface area is 290 Å². The fourth-order valence-corrected chi connectivity index (χ4v) is 8.43. The summed E-state index contributed by atoms with van der Waals surface area (Å²) in [5, 5.41) is 3.70. The number of anilines is 2. The van der Waals surface area contributed by atoms with E-state index in [1.165, 1.54) is 24.4 Å². The molecule has 0 saturated carbocycles. The number of nitrogens with one attached hydrogen (secondary N) is 2. The van der Waals surface area contributed by atoms with Crippen molar-refractivity contribution >= 4 is 50.3 Å². The number of carbonyl (C=O) groups is 1. The summed E-state index contributed by atoms with van der Waals surface area (Å²) >= 11 is 6.33. The number of fused-ring (bicyclic) bond motifs is 2. The Morgan fingerprint density at radius 1 is 1.10 bits per heavy atom. The molecule has 260 valence electrons. The fourth-order valence-electron chi connectivity index (χ4n) is 6.72. The molecule has 1 aliphatic carbocycles. The molecule has 2 heterocycles. The fraction of sp³-hybridized carbons (Fsp3) is 0.417. The van der Waals surface area contributed by atoms with Crippen LogP contribution in [-0.4, -0.2) is 54.1 Å². The molecule has 2 aliphatic rings. The van der Waals surface area contributed by atoms with E-state index in [1.54, 1.807) is 17.9 Å². The van der Waals surface area contributed by atoms with Crippen molar-refractivity contribution in [3.05, 3.63) is 75.9 Å². The lowest BCUT2D eigenvalue weighted by atomic mass is 9.94. The van der Waals surface area contributed by atoms with Gasteiger partial charge in [0.1, 0.15) is 17.2 Å². The Kier molecular flexibility index (Phi) is 9.49. The summed E-state index contributed by atoms with van der Waals surface area (Å²) in [6.07, 6.45) is 3.97. The number of likely N-dealkylation sites (tertiary alicyclic amines) is 1. The van der Waals surface area contributed by atoms with Crippen molar-refractivity contribution in [2.24, 2.45) is 0 Å². The number of sulfonamides is 1. The highest BCUT2D eigenvalue weighted by Crippen LogP contribution is 2.41. The molecule has 1 fully saturated rings. The van der Waals surface area contributed by atoms with Crippen LogP contribution in [0.15, 0.2) is 47.5 Å². The summed E-state index contributed by atoms with van der Waals surface area (Å²) in [6, 6.07) is 8.80. The number of carbonyl (C=O) groups excluding carboxylic acids is 1. The van der Waals surface area contributed by atoms with E-state index in [1.807, 2.05) is 33.8 Å². The van der Waals surface area contributed by atoms with Gasteiger partial charge in [0.2, 0.25) is 5.95 Å². The van der Waals surface area contributed by atoms with Crippen LogP contribution in [-0.2, 0) is 27.6 Å². The van der Waals surface area contributed by atoms with Crippen LogP contribution < -0.4 is 10.0 Å². The van der Waals surface area contributed by atoms with Crippen molar-refractivity contribution < 1.29 is 26.7 Å². The zero-order valence-corrected chi connectivity index (χ0v) is 29.7. The summed E-state index contributed by atoms with van der Waals surface area (Å²) < 4.78 is 67.4. The first-order valence-electron chi connectivity index (χ1n) is 16.5. The first-order chi connectivity index (χ1) is 23.1. The van der Waals surface area contributed by atoms with E-state index in [2.05, 4.69) is 20.0 Å². The summed E-state index contributed by atoms with van der Waals surface area (Å²) in [5.74, 6) is -0.909. The third-order valence-corrected chi connectivity index (χ3v) is 10.8. The SMILES string of the molecule is CCc1c(NS(=O)(=O)c2cc(Cl)cc3c2CC[C@H]3C)ccc(F)c1-c1ccc2nc(NC3CCN(C(=O)OC(C)(C)C)CC3)ncc2c1F. The maximum absolute atomic E-state index is 16.2. The van der Waals surface area contributed by atoms with E-state index in [0.717, 1.165) is 23.6 Å². The van der Waals surface area contributed by atoms with Gasteiger partial charge < -0.3 is 15.0 Å².